The molecule has 0 aliphatic heterocycles. The van der Waals surface area contributed by atoms with Crippen LogP contribution < -0.4 is 5.32 Å². The summed E-state index contributed by atoms with van der Waals surface area (Å²) in [7, 11) is 0. The molecule has 0 spiro atoms. The fraction of sp³-hybridized carbons (Fsp3) is 0.562. The van der Waals surface area contributed by atoms with Gasteiger partial charge in [0.05, 0.1) is 12.2 Å². The van der Waals surface area contributed by atoms with Gasteiger partial charge in [-0.05, 0) is 32.8 Å². The smallest absolute Gasteiger partial charge is 0.341 e. The maximum absolute atomic E-state index is 12.1. The standard InChI is InChI=1S/C16H23NO6S/c1-5-11-10(4)14(16(20)22-7-3)15(24-11)17-12(18)8-23-13(19)9-21-6-2/h5-9H2,1-4H3,(H,17,18). The van der Waals surface area contributed by atoms with Crippen LogP contribution in [-0.4, -0.2) is 44.3 Å². The molecule has 0 saturated heterocycles. The second-order valence-electron chi connectivity index (χ2n) is 4.77. The van der Waals surface area contributed by atoms with Crippen LogP contribution in [0.15, 0.2) is 0 Å². The molecule has 0 radical (unpaired) electrons. The lowest BCUT2D eigenvalue weighted by molar-refractivity contribution is -0.151. The van der Waals surface area contributed by atoms with Crippen LogP contribution in [-0.2, 0) is 30.2 Å². The van der Waals surface area contributed by atoms with Gasteiger partial charge in [-0.3, -0.25) is 4.79 Å². The number of hydrogen-bond donors (Lipinski definition) is 1. The van der Waals surface area contributed by atoms with E-state index in [1.165, 1.54) is 11.3 Å². The van der Waals surface area contributed by atoms with Gasteiger partial charge in [0.1, 0.15) is 11.6 Å². The Hall–Kier alpha value is -1.93. The van der Waals surface area contributed by atoms with Gasteiger partial charge in [0.25, 0.3) is 5.91 Å². The number of aryl methyl sites for hydroxylation is 1. The average Bonchev–Trinajstić information content (AvgIpc) is 2.86. The average molecular weight is 357 g/mol. The first kappa shape index (κ1) is 20.1. The molecule has 1 amide bonds. The lowest BCUT2D eigenvalue weighted by atomic mass is 10.1. The van der Waals surface area contributed by atoms with Gasteiger partial charge in [-0.25, -0.2) is 9.59 Å². The Labute approximate surface area is 145 Å². The minimum Gasteiger partial charge on any atom is -0.462 e. The second-order valence-corrected chi connectivity index (χ2v) is 5.88. The molecule has 0 aromatic carbocycles. The molecular weight excluding hydrogens is 334 g/mol. The molecule has 0 unspecified atom stereocenters. The van der Waals surface area contributed by atoms with Crippen molar-refractivity contribution in [3.63, 3.8) is 0 Å². The minimum absolute atomic E-state index is 0.198. The number of anilines is 1. The molecule has 0 bridgehead atoms. The van der Waals surface area contributed by atoms with Crippen LogP contribution in [0.1, 0.15) is 41.6 Å². The van der Waals surface area contributed by atoms with E-state index in [1.54, 1.807) is 13.8 Å². The number of ether oxygens (including phenoxy) is 3. The molecule has 0 aliphatic rings. The van der Waals surface area contributed by atoms with E-state index in [4.69, 9.17) is 14.2 Å². The summed E-state index contributed by atoms with van der Waals surface area (Å²) in [6.45, 7) is 7.25. The van der Waals surface area contributed by atoms with Crippen molar-refractivity contribution in [2.45, 2.75) is 34.1 Å². The summed E-state index contributed by atoms with van der Waals surface area (Å²) >= 11 is 1.32. The molecule has 24 heavy (non-hydrogen) atoms. The van der Waals surface area contributed by atoms with Crippen molar-refractivity contribution in [3.8, 4) is 0 Å². The Kier molecular flexibility index (Phi) is 8.42. The highest BCUT2D eigenvalue weighted by molar-refractivity contribution is 7.17. The van der Waals surface area contributed by atoms with E-state index in [0.29, 0.717) is 17.2 Å². The number of amides is 1. The monoisotopic (exact) mass is 357 g/mol. The Balaban J connectivity index is 2.77. The molecule has 1 N–H and O–H groups in total. The second kappa shape index (κ2) is 10.0. The van der Waals surface area contributed by atoms with Crippen molar-refractivity contribution < 1.29 is 28.6 Å². The molecule has 134 valence electrons. The van der Waals surface area contributed by atoms with Crippen LogP contribution in [0.5, 0.6) is 0 Å². The molecule has 1 aromatic heterocycles. The molecule has 1 aromatic rings. The largest absolute Gasteiger partial charge is 0.462 e. The molecule has 0 saturated carbocycles. The van der Waals surface area contributed by atoms with Gasteiger partial charge in [-0.1, -0.05) is 6.92 Å². The number of thiophene rings is 1. The third-order valence-corrected chi connectivity index (χ3v) is 4.44. The summed E-state index contributed by atoms with van der Waals surface area (Å²) in [5.41, 5.74) is 1.15. The van der Waals surface area contributed by atoms with Crippen molar-refractivity contribution in [2.75, 3.05) is 31.7 Å². The van der Waals surface area contributed by atoms with E-state index in [2.05, 4.69) is 5.32 Å². The molecular formula is C16H23NO6S. The summed E-state index contributed by atoms with van der Waals surface area (Å²) < 4.78 is 14.7. The van der Waals surface area contributed by atoms with Crippen LogP contribution in [0, 0.1) is 6.92 Å². The van der Waals surface area contributed by atoms with Gasteiger partial charge >= 0.3 is 11.9 Å². The van der Waals surface area contributed by atoms with Crippen LogP contribution in [0.4, 0.5) is 5.00 Å². The van der Waals surface area contributed by atoms with Gasteiger partial charge in [0.15, 0.2) is 6.61 Å². The Morgan fingerprint density at radius 1 is 1.04 bits per heavy atom. The normalized spacial score (nSPS) is 10.3. The predicted molar refractivity (Wildman–Crippen MR) is 90.5 cm³/mol. The molecule has 7 nitrogen and oxygen atoms in total. The number of carbonyl (C=O) groups excluding carboxylic acids is 3. The van der Waals surface area contributed by atoms with Gasteiger partial charge < -0.3 is 19.5 Å². The summed E-state index contributed by atoms with van der Waals surface area (Å²) in [6, 6.07) is 0. The van der Waals surface area contributed by atoms with Gasteiger partial charge in [-0.2, -0.15) is 0 Å². The number of rotatable bonds is 9. The van der Waals surface area contributed by atoms with E-state index in [1.807, 2.05) is 13.8 Å². The maximum atomic E-state index is 12.1. The van der Waals surface area contributed by atoms with E-state index in [9.17, 15) is 14.4 Å². The van der Waals surface area contributed by atoms with E-state index in [-0.39, 0.29) is 13.2 Å². The first-order valence-electron chi connectivity index (χ1n) is 7.77. The van der Waals surface area contributed by atoms with Crippen LogP contribution >= 0.6 is 11.3 Å². The van der Waals surface area contributed by atoms with Gasteiger partial charge in [-0.15, -0.1) is 11.3 Å². The zero-order valence-electron chi connectivity index (χ0n) is 14.4. The lowest BCUT2D eigenvalue weighted by Gasteiger charge is -2.08. The summed E-state index contributed by atoms with van der Waals surface area (Å²) in [5.74, 6) is -1.61. The molecule has 0 aliphatic carbocycles. The van der Waals surface area contributed by atoms with E-state index < -0.39 is 24.5 Å². The highest BCUT2D eigenvalue weighted by Gasteiger charge is 2.23. The molecule has 1 heterocycles. The molecule has 1 rings (SSSR count). The van der Waals surface area contributed by atoms with Crippen LogP contribution in [0.25, 0.3) is 0 Å². The van der Waals surface area contributed by atoms with E-state index >= 15 is 0 Å². The lowest BCUT2D eigenvalue weighted by Crippen LogP contribution is -2.23. The van der Waals surface area contributed by atoms with Crippen molar-refractivity contribution in [2.24, 2.45) is 0 Å². The number of hydrogen-bond acceptors (Lipinski definition) is 7. The van der Waals surface area contributed by atoms with Crippen molar-refractivity contribution >= 4 is 34.2 Å². The molecule has 0 atom stereocenters. The van der Waals surface area contributed by atoms with Crippen LogP contribution in [0.2, 0.25) is 0 Å². The Bertz CT molecular complexity index is 596. The molecule has 8 heteroatoms. The highest BCUT2D eigenvalue weighted by atomic mass is 32.1. The number of nitrogens with one attached hydrogen (secondary N) is 1. The summed E-state index contributed by atoms with van der Waals surface area (Å²) in [6.07, 6.45) is 0.738. The first-order valence-corrected chi connectivity index (χ1v) is 8.58. The first-order chi connectivity index (χ1) is 11.4. The topological polar surface area (TPSA) is 90.9 Å². The highest BCUT2D eigenvalue weighted by Crippen LogP contribution is 2.34. The fourth-order valence-electron chi connectivity index (χ4n) is 1.97. The third-order valence-electron chi connectivity index (χ3n) is 3.09. The summed E-state index contributed by atoms with van der Waals surface area (Å²) in [5, 5.41) is 3.03. The van der Waals surface area contributed by atoms with Crippen molar-refractivity contribution in [3.05, 3.63) is 16.0 Å². The van der Waals surface area contributed by atoms with E-state index in [0.717, 1.165) is 16.9 Å². The minimum atomic E-state index is -0.616. The van der Waals surface area contributed by atoms with Crippen molar-refractivity contribution in [1.82, 2.24) is 0 Å². The quantitative estimate of drug-likeness (QED) is 0.682. The predicted octanol–water partition coefficient (Wildman–Crippen LogP) is 2.31. The van der Waals surface area contributed by atoms with Gasteiger partial charge in [0, 0.05) is 11.5 Å². The zero-order chi connectivity index (χ0) is 18.1. The van der Waals surface area contributed by atoms with Crippen molar-refractivity contribution in [1.29, 1.82) is 0 Å². The maximum Gasteiger partial charge on any atom is 0.341 e. The number of carbonyl (C=O) groups is 3. The van der Waals surface area contributed by atoms with Crippen LogP contribution in [0.3, 0.4) is 0 Å². The number of esters is 2. The molecule has 0 fully saturated rings. The Morgan fingerprint density at radius 3 is 2.33 bits per heavy atom. The zero-order valence-corrected chi connectivity index (χ0v) is 15.2. The fourth-order valence-corrected chi connectivity index (χ4v) is 3.12. The Morgan fingerprint density at radius 2 is 1.75 bits per heavy atom. The van der Waals surface area contributed by atoms with Gasteiger partial charge in [0.2, 0.25) is 0 Å². The SMILES string of the molecule is CCOCC(=O)OCC(=O)Nc1sc(CC)c(C)c1C(=O)OCC. The third kappa shape index (κ3) is 5.61. The summed E-state index contributed by atoms with van der Waals surface area (Å²) in [4.78, 5) is 36.4.